The molecule has 0 heterocycles. The summed E-state index contributed by atoms with van der Waals surface area (Å²) >= 11 is 1.88. The summed E-state index contributed by atoms with van der Waals surface area (Å²) in [6, 6.07) is 5.24. The number of benzene rings is 1. The zero-order valence-corrected chi connectivity index (χ0v) is 10.1. The molecule has 0 radical (unpaired) electrons. The van der Waals surface area contributed by atoms with E-state index in [-0.39, 0.29) is 5.82 Å². The highest BCUT2D eigenvalue weighted by molar-refractivity contribution is 7.99. The first-order chi connectivity index (χ1) is 7.25. The van der Waals surface area contributed by atoms with E-state index in [4.69, 9.17) is 4.74 Å². The maximum absolute atomic E-state index is 13.4. The van der Waals surface area contributed by atoms with E-state index >= 15 is 0 Å². The van der Waals surface area contributed by atoms with Gasteiger partial charge in [0, 0.05) is 0 Å². The highest BCUT2D eigenvalue weighted by atomic mass is 32.2. The molecule has 0 aliphatic carbocycles. The summed E-state index contributed by atoms with van der Waals surface area (Å²) in [5, 5.41) is 0. The molecule has 0 saturated heterocycles. The molecule has 3 heteroatoms. The molecule has 0 N–H and O–H groups in total. The van der Waals surface area contributed by atoms with Gasteiger partial charge in [0.05, 0.1) is 6.61 Å². The van der Waals surface area contributed by atoms with Crippen LogP contribution >= 0.6 is 11.8 Å². The van der Waals surface area contributed by atoms with Crippen molar-refractivity contribution in [2.75, 3.05) is 18.1 Å². The van der Waals surface area contributed by atoms with Crippen LogP contribution in [0.2, 0.25) is 0 Å². The summed E-state index contributed by atoms with van der Waals surface area (Å²) in [6.07, 6.45) is 0.964. The average Bonchev–Trinajstić information content (AvgIpc) is 2.24. The summed E-state index contributed by atoms with van der Waals surface area (Å²) in [7, 11) is 0. The molecule has 0 unspecified atom stereocenters. The van der Waals surface area contributed by atoms with Gasteiger partial charge in [-0.25, -0.2) is 4.39 Å². The zero-order chi connectivity index (χ0) is 11.1. The Labute approximate surface area is 95.0 Å². The van der Waals surface area contributed by atoms with Crippen molar-refractivity contribution in [2.24, 2.45) is 0 Å². The number of thioether (sulfide) groups is 1. The van der Waals surface area contributed by atoms with Gasteiger partial charge in [-0.3, -0.25) is 0 Å². The molecule has 1 rings (SSSR count). The molecular formula is C12H17FOS. The highest BCUT2D eigenvalue weighted by Gasteiger charge is 2.04. The van der Waals surface area contributed by atoms with Gasteiger partial charge in [0.1, 0.15) is 0 Å². The number of ether oxygens (including phenoxy) is 1. The number of halogens is 1. The van der Waals surface area contributed by atoms with Crippen molar-refractivity contribution in [2.45, 2.75) is 20.3 Å². The molecule has 0 spiro atoms. The van der Waals surface area contributed by atoms with E-state index in [0.29, 0.717) is 17.9 Å². The van der Waals surface area contributed by atoms with Crippen molar-refractivity contribution in [1.82, 2.24) is 0 Å². The van der Waals surface area contributed by atoms with Crippen LogP contribution in [-0.4, -0.2) is 18.1 Å². The summed E-state index contributed by atoms with van der Waals surface area (Å²) < 4.78 is 18.8. The number of hydrogen-bond donors (Lipinski definition) is 0. The van der Waals surface area contributed by atoms with Gasteiger partial charge in [-0.2, -0.15) is 11.8 Å². The Kier molecular flexibility index (Phi) is 5.54. The van der Waals surface area contributed by atoms with Crippen LogP contribution in [0.25, 0.3) is 0 Å². The predicted octanol–water partition coefficient (Wildman–Crippen LogP) is 3.66. The topological polar surface area (TPSA) is 9.23 Å². The maximum atomic E-state index is 13.4. The Morgan fingerprint density at radius 3 is 2.93 bits per heavy atom. The van der Waals surface area contributed by atoms with Gasteiger partial charge in [0.25, 0.3) is 0 Å². The molecule has 0 amide bonds. The predicted molar refractivity (Wildman–Crippen MR) is 64.2 cm³/mol. The zero-order valence-electron chi connectivity index (χ0n) is 9.25. The quantitative estimate of drug-likeness (QED) is 0.687. The smallest absolute Gasteiger partial charge is 0.167 e. The van der Waals surface area contributed by atoms with E-state index in [9.17, 15) is 4.39 Å². The molecule has 0 aliphatic rings. The molecule has 1 nitrogen and oxygen atoms in total. The second-order valence-electron chi connectivity index (χ2n) is 3.29. The van der Waals surface area contributed by atoms with Gasteiger partial charge in [-0.05, 0) is 36.5 Å². The SMILES string of the molecule is CCSCCCOc1cccc(C)c1F. The Morgan fingerprint density at radius 1 is 1.40 bits per heavy atom. The van der Waals surface area contributed by atoms with Gasteiger partial charge in [-0.1, -0.05) is 19.1 Å². The van der Waals surface area contributed by atoms with Crippen LogP contribution in [0, 0.1) is 12.7 Å². The molecule has 0 atom stereocenters. The van der Waals surface area contributed by atoms with Crippen molar-refractivity contribution in [1.29, 1.82) is 0 Å². The largest absolute Gasteiger partial charge is 0.490 e. The van der Waals surface area contributed by atoms with Crippen LogP contribution in [0.1, 0.15) is 18.9 Å². The summed E-state index contributed by atoms with van der Waals surface area (Å²) in [5.74, 6) is 2.33. The van der Waals surface area contributed by atoms with E-state index < -0.39 is 0 Å². The van der Waals surface area contributed by atoms with Crippen molar-refractivity contribution < 1.29 is 9.13 Å². The molecule has 0 bridgehead atoms. The molecule has 0 saturated carbocycles. The van der Waals surface area contributed by atoms with E-state index in [0.717, 1.165) is 17.9 Å². The third-order valence-corrected chi connectivity index (χ3v) is 3.04. The first-order valence-corrected chi connectivity index (χ1v) is 6.36. The third kappa shape index (κ3) is 4.12. The fourth-order valence-corrected chi connectivity index (χ4v) is 1.83. The van der Waals surface area contributed by atoms with Crippen molar-refractivity contribution in [3.63, 3.8) is 0 Å². The Hall–Kier alpha value is -0.700. The maximum Gasteiger partial charge on any atom is 0.167 e. The lowest BCUT2D eigenvalue weighted by atomic mass is 10.2. The number of rotatable bonds is 6. The van der Waals surface area contributed by atoms with Gasteiger partial charge in [0.2, 0.25) is 0 Å². The van der Waals surface area contributed by atoms with Crippen LogP contribution in [0.5, 0.6) is 5.75 Å². The highest BCUT2D eigenvalue weighted by Crippen LogP contribution is 2.19. The summed E-state index contributed by atoms with van der Waals surface area (Å²) in [4.78, 5) is 0. The second-order valence-corrected chi connectivity index (χ2v) is 4.68. The first kappa shape index (κ1) is 12.4. The van der Waals surface area contributed by atoms with Gasteiger partial charge >= 0.3 is 0 Å². The fourth-order valence-electron chi connectivity index (χ4n) is 1.22. The van der Waals surface area contributed by atoms with Gasteiger partial charge in [-0.15, -0.1) is 0 Å². The molecule has 0 aliphatic heterocycles. The Morgan fingerprint density at radius 2 is 2.20 bits per heavy atom. The van der Waals surface area contributed by atoms with Crippen molar-refractivity contribution >= 4 is 11.8 Å². The monoisotopic (exact) mass is 228 g/mol. The fraction of sp³-hybridized carbons (Fsp3) is 0.500. The van der Waals surface area contributed by atoms with Gasteiger partial charge in [0.15, 0.2) is 11.6 Å². The molecule has 15 heavy (non-hydrogen) atoms. The summed E-state index contributed by atoms with van der Waals surface area (Å²) in [6.45, 7) is 4.47. The Bertz CT molecular complexity index is 302. The minimum atomic E-state index is -0.236. The van der Waals surface area contributed by atoms with E-state index in [1.807, 2.05) is 17.8 Å². The van der Waals surface area contributed by atoms with E-state index in [1.54, 1.807) is 19.1 Å². The van der Waals surface area contributed by atoms with Crippen LogP contribution < -0.4 is 4.74 Å². The molecule has 1 aromatic rings. The van der Waals surface area contributed by atoms with Crippen LogP contribution in [0.3, 0.4) is 0 Å². The van der Waals surface area contributed by atoms with E-state index in [1.165, 1.54) is 0 Å². The van der Waals surface area contributed by atoms with Crippen LogP contribution in [-0.2, 0) is 0 Å². The average molecular weight is 228 g/mol. The molecular weight excluding hydrogens is 211 g/mol. The van der Waals surface area contributed by atoms with Crippen LogP contribution in [0.15, 0.2) is 18.2 Å². The summed E-state index contributed by atoms with van der Waals surface area (Å²) in [5.41, 5.74) is 0.635. The molecule has 84 valence electrons. The number of aryl methyl sites for hydroxylation is 1. The normalized spacial score (nSPS) is 10.3. The lowest BCUT2D eigenvalue weighted by Crippen LogP contribution is -2.01. The van der Waals surface area contributed by atoms with Crippen molar-refractivity contribution in [3.05, 3.63) is 29.6 Å². The minimum absolute atomic E-state index is 0.236. The first-order valence-electron chi connectivity index (χ1n) is 5.21. The standard InChI is InChI=1S/C12H17FOS/c1-3-15-9-5-8-14-11-7-4-6-10(2)12(11)13/h4,6-7H,3,5,8-9H2,1-2H3. The van der Waals surface area contributed by atoms with E-state index in [2.05, 4.69) is 6.92 Å². The second kappa shape index (κ2) is 6.72. The molecule has 0 fully saturated rings. The molecule has 1 aromatic carbocycles. The number of hydrogen-bond acceptors (Lipinski definition) is 2. The van der Waals surface area contributed by atoms with Gasteiger partial charge < -0.3 is 4.74 Å². The lowest BCUT2D eigenvalue weighted by molar-refractivity contribution is 0.302. The third-order valence-electron chi connectivity index (χ3n) is 2.05. The lowest BCUT2D eigenvalue weighted by Gasteiger charge is -2.07. The molecule has 0 aromatic heterocycles. The minimum Gasteiger partial charge on any atom is -0.490 e. The van der Waals surface area contributed by atoms with Crippen molar-refractivity contribution in [3.8, 4) is 5.75 Å². The van der Waals surface area contributed by atoms with Crippen LogP contribution in [0.4, 0.5) is 4.39 Å². The Balaban J connectivity index is 2.34.